The largest absolute Gasteiger partial charge is 0.508 e. The Morgan fingerprint density at radius 3 is 2.38 bits per heavy atom. The molecule has 0 amide bonds. The number of rotatable bonds is 8. The first-order valence-corrected chi connectivity index (χ1v) is 7.37. The SMILES string of the molecule is CCOOCc1ccc(N=Nc2ccc(O)c(CC(=O)O)c2)cc1. The van der Waals surface area contributed by atoms with Crippen LogP contribution in [0.4, 0.5) is 11.4 Å². The highest BCUT2D eigenvalue weighted by molar-refractivity contribution is 5.72. The minimum Gasteiger partial charge on any atom is -0.508 e. The highest BCUT2D eigenvalue weighted by atomic mass is 17.2. The Kier molecular flexibility index (Phi) is 6.41. The monoisotopic (exact) mass is 330 g/mol. The van der Waals surface area contributed by atoms with Crippen molar-refractivity contribution in [3.63, 3.8) is 0 Å². The van der Waals surface area contributed by atoms with E-state index in [2.05, 4.69) is 10.2 Å². The number of nitrogens with zero attached hydrogens (tertiary/aromatic N) is 2. The smallest absolute Gasteiger partial charge is 0.307 e. The Balaban J connectivity index is 2.03. The Bertz CT molecular complexity index is 713. The number of hydrogen-bond acceptors (Lipinski definition) is 6. The van der Waals surface area contributed by atoms with E-state index in [4.69, 9.17) is 14.9 Å². The molecule has 0 saturated heterocycles. The lowest BCUT2D eigenvalue weighted by Gasteiger charge is -2.03. The zero-order chi connectivity index (χ0) is 17.4. The summed E-state index contributed by atoms with van der Waals surface area (Å²) in [6.07, 6.45) is -0.274. The molecule has 0 spiro atoms. The van der Waals surface area contributed by atoms with Crippen LogP contribution in [0.15, 0.2) is 52.7 Å². The van der Waals surface area contributed by atoms with E-state index in [1.54, 1.807) is 18.2 Å². The Morgan fingerprint density at radius 1 is 1.04 bits per heavy atom. The number of aliphatic carboxylic acids is 1. The Morgan fingerprint density at radius 2 is 1.71 bits per heavy atom. The van der Waals surface area contributed by atoms with Gasteiger partial charge in [-0.25, -0.2) is 9.78 Å². The van der Waals surface area contributed by atoms with Crippen LogP contribution in [0.3, 0.4) is 0 Å². The van der Waals surface area contributed by atoms with Gasteiger partial charge in [0.05, 0.1) is 24.4 Å². The van der Waals surface area contributed by atoms with Crippen LogP contribution in [0.2, 0.25) is 0 Å². The number of aromatic hydroxyl groups is 1. The van der Waals surface area contributed by atoms with Gasteiger partial charge in [-0.2, -0.15) is 10.2 Å². The number of benzene rings is 2. The first-order chi connectivity index (χ1) is 11.6. The lowest BCUT2D eigenvalue weighted by Crippen LogP contribution is -1.99. The minimum absolute atomic E-state index is 0.0741. The predicted molar refractivity (Wildman–Crippen MR) is 86.5 cm³/mol. The zero-order valence-corrected chi connectivity index (χ0v) is 13.2. The molecule has 0 heterocycles. The summed E-state index contributed by atoms with van der Waals surface area (Å²) in [6.45, 7) is 2.68. The van der Waals surface area contributed by atoms with E-state index in [0.29, 0.717) is 30.2 Å². The number of hydrogen-bond donors (Lipinski definition) is 2. The van der Waals surface area contributed by atoms with E-state index >= 15 is 0 Å². The standard InChI is InChI=1S/C17H18N2O5/c1-2-23-24-11-12-3-5-14(6-4-12)18-19-15-7-8-16(20)13(9-15)10-17(21)22/h3-9,20H,2,10-11H2,1H3,(H,21,22). The second kappa shape index (κ2) is 8.76. The summed E-state index contributed by atoms with van der Waals surface area (Å²) in [4.78, 5) is 20.5. The van der Waals surface area contributed by atoms with E-state index < -0.39 is 5.97 Å². The van der Waals surface area contributed by atoms with Crippen molar-refractivity contribution in [2.75, 3.05) is 6.61 Å². The molecule has 2 aromatic carbocycles. The molecule has 0 unspecified atom stereocenters. The number of carboxylic acid groups (broad SMARTS) is 1. The lowest BCUT2D eigenvalue weighted by atomic mass is 10.1. The third-order valence-corrected chi connectivity index (χ3v) is 3.05. The second-order valence-electron chi connectivity index (χ2n) is 4.92. The summed E-state index contributed by atoms with van der Waals surface area (Å²) in [5, 5.41) is 26.6. The summed E-state index contributed by atoms with van der Waals surface area (Å²) >= 11 is 0. The molecule has 0 aromatic heterocycles. The van der Waals surface area contributed by atoms with Gasteiger partial charge < -0.3 is 10.2 Å². The molecular weight excluding hydrogens is 312 g/mol. The van der Waals surface area contributed by atoms with Gasteiger partial charge in [0.2, 0.25) is 0 Å². The van der Waals surface area contributed by atoms with Gasteiger partial charge in [-0.3, -0.25) is 4.79 Å². The van der Waals surface area contributed by atoms with Gasteiger partial charge in [-0.1, -0.05) is 12.1 Å². The van der Waals surface area contributed by atoms with Gasteiger partial charge in [0.25, 0.3) is 0 Å². The van der Waals surface area contributed by atoms with Gasteiger partial charge in [-0.15, -0.1) is 0 Å². The fourth-order valence-corrected chi connectivity index (χ4v) is 1.91. The summed E-state index contributed by atoms with van der Waals surface area (Å²) in [5.74, 6) is -1.10. The van der Waals surface area contributed by atoms with Crippen LogP contribution in [-0.4, -0.2) is 22.8 Å². The number of carboxylic acids is 1. The van der Waals surface area contributed by atoms with Crippen molar-refractivity contribution in [3.05, 3.63) is 53.6 Å². The molecule has 0 radical (unpaired) electrons. The summed E-state index contributed by atoms with van der Waals surface area (Å²) in [5.41, 5.74) is 2.34. The van der Waals surface area contributed by atoms with E-state index in [1.807, 2.05) is 19.1 Å². The fourth-order valence-electron chi connectivity index (χ4n) is 1.91. The topological polar surface area (TPSA) is 101 Å². The summed E-state index contributed by atoms with van der Waals surface area (Å²) in [7, 11) is 0. The lowest BCUT2D eigenvalue weighted by molar-refractivity contribution is -0.300. The molecule has 0 bridgehead atoms. The molecule has 0 aliphatic carbocycles. The maximum absolute atomic E-state index is 10.8. The second-order valence-corrected chi connectivity index (χ2v) is 4.92. The first kappa shape index (κ1) is 17.6. The van der Waals surface area contributed by atoms with Gasteiger partial charge in [0.1, 0.15) is 12.4 Å². The Hall–Kier alpha value is -2.77. The van der Waals surface area contributed by atoms with Crippen molar-refractivity contribution in [1.82, 2.24) is 0 Å². The van der Waals surface area contributed by atoms with Crippen molar-refractivity contribution in [2.45, 2.75) is 20.0 Å². The molecule has 2 aromatic rings. The average Bonchev–Trinajstić information content (AvgIpc) is 2.56. The highest BCUT2D eigenvalue weighted by Gasteiger charge is 2.07. The third kappa shape index (κ3) is 5.45. The van der Waals surface area contributed by atoms with Gasteiger partial charge in [0, 0.05) is 5.56 Å². The molecule has 7 heteroatoms. The molecule has 0 aliphatic rings. The van der Waals surface area contributed by atoms with Gasteiger partial charge >= 0.3 is 5.97 Å². The molecular formula is C17H18N2O5. The first-order valence-electron chi connectivity index (χ1n) is 7.37. The average molecular weight is 330 g/mol. The van der Waals surface area contributed by atoms with Crippen LogP contribution in [0.1, 0.15) is 18.1 Å². The van der Waals surface area contributed by atoms with Crippen LogP contribution in [0.5, 0.6) is 5.75 Å². The molecule has 0 aliphatic heterocycles. The Labute approximate surface area is 139 Å². The highest BCUT2D eigenvalue weighted by Crippen LogP contribution is 2.25. The van der Waals surface area contributed by atoms with Crippen LogP contribution < -0.4 is 0 Å². The van der Waals surface area contributed by atoms with Crippen LogP contribution in [-0.2, 0) is 27.6 Å². The van der Waals surface area contributed by atoms with Crippen LogP contribution in [0.25, 0.3) is 0 Å². The van der Waals surface area contributed by atoms with E-state index in [1.165, 1.54) is 12.1 Å². The van der Waals surface area contributed by atoms with Crippen molar-refractivity contribution in [3.8, 4) is 5.75 Å². The maximum atomic E-state index is 10.8. The summed E-state index contributed by atoms with van der Waals surface area (Å²) < 4.78 is 0. The number of carbonyl (C=O) groups is 1. The number of phenolic OH excluding ortho intramolecular Hbond substituents is 1. The summed E-state index contributed by atoms with van der Waals surface area (Å²) in [6, 6.07) is 11.7. The van der Waals surface area contributed by atoms with Crippen molar-refractivity contribution in [2.24, 2.45) is 10.2 Å². The van der Waals surface area contributed by atoms with Crippen molar-refractivity contribution < 1.29 is 24.8 Å². The molecule has 2 rings (SSSR count). The van der Waals surface area contributed by atoms with Crippen molar-refractivity contribution in [1.29, 1.82) is 0 Å². The zero-order valence-electron chi connectivity index (χ0n) is 13.2. The van der Waals surface area contributed by atoms with E-state index in [9.17, 15) is 9.90 Å². The molecule has 126 valence electrons. The molecule has 0 atom stereocenters. The van der Waals surface area contributed by atoms with Crippen LogP contribution in [0, 0.1) is 0 Å². The van der Waals surface area contributed by atoms with Crippen LogP contribution >= 0.6 is 0 Å². The van der Waals surface area contributed by atoms with Gasteiger partial charge in [-0.05, 0) is 42.8 Å². The van der Waals surface area contributed by atoms with E-state index in [0.717, 1.165) is 5.56 Å². The molecule has 24 heavy (non-hydrogen) atoms. The van der Waals surface area contributed by atoms with Gasteiger partial charge in [0.15, 0.2) is 0 Å². The fraction of sp³-hybridized carbons (Fsp3) is 0.235. The predicted octanol–water partition coefficient (Wildman–Crippen LogP) is 3.90. The maximum Gasteiger partial charge on any atom is 0.307 e. The molecule has 2 N–H and O–H groups in total. The number of phenols is 1. The minimum atomic E-state index is -1.02. The quantitative estimate of drug-likeness (QED) is 0.331. The molecule has 7 nitrogen and oxygen atoms in total. The number of azo groups is 1. The third-order valence-electron chi connectivity index (χ3n) is 3.05. The van der Waals surface area contributed by atoms with E-state index in [-0.39, 0.29) is 12.2 Å². The normalized spacial score (nSPS) is 11.0. The van der Waals surface area contributed by atoms with Crippen molar-refractivity contribution >= 4 is 17.3 Å². The molecule has 0 saturated carbocycles. The molecule has 0 fully saturated rings.